The highest BCUT2D eigenvalue weighted by molar-refractivity contribution is 6.23. The summed E-state index contributed by atoms with van der Waals surface area (Å²) in [5, 5.41) is 0. The van der Waals surface area contributed by atoms with Gasteiger partial charge in [0, 0.05) is 12.2 Å². The summed E-state index contributed by atoms with van der Waals surface area (Å²) in [4.78, 5) is 26.1. The highest BCUT2D eigenvalue weighted by Gasteiger charge is 2.37. The van der Waals surface area contributed by atoms with Gasteiger partial charge >= 0.3 is 0 Å². The van der Waals surface area contributed by atoms with Crippen molar-refractivity contribution >= 4 is 17.5 Å². The molecule has 1 aliphatic heterocycles. The summed E-state index contributed by atoms with van der Waals surface area (Å²) in [5.74, 6) is 1.05. The molecular formula is C17H22N2O2. The van der Waals surface area contributed by atoms with E-state index in [1.807, 2.05) is 0 Å². The maximum atomic E-state index is 12.4. The van der Waals surface area contributed by atoms with Crippen LogP contribution < -0.4 is 5.73 Å². The maximum Gasteiger partial charge on any atom is 0.263 e. The number of imide groups is 1. The summed E-state index contributed by atoms with van der Waals surface area (Å²) in [6.07, 6.45) is 5.87. The van der Waals surface area contributed by atoms with Gasteiger partial charge in [0.15, 0.2) is 0 Å². The Morgan fingerprint density at radius 2 is 1.86 bits per heavy atom. The monoisotopic (exact) mass is 286 g/mol. The Labute approximate surface area is 125 Å². The van der Waals surface area contributed by atoms with Gasteiger partial charge in [-0.05, 0) is 30.4 Å². The van der Waals surface area contributed by atoms with Crippen molar-refractivity contribution in [3.63, 3.8) is 0 Å². The van der Waals surface area contributed by atoms with E-state index in [9.17, 15) is 9.59 Å². The Balaban J connectivity index is 1.67. The van der Waals surface area contributed by atoms with Gasteiger partial charge in [-0.2, -0.15) is 0 Å². The van der Waals surface area contributed by atoms with Crippen LogP contribution in [0.3, 0.4) is 0 Å². The van der Waals surface area contributed by atoms with E-state index in [4.69, 9.17) is 5.73 Å². The third-order valence-electron chi connectivity index (χ3n) is 4.93. The second-order valence-electron chi connectivity index (χ2n) is 6.45. The van der Waals surface area contributed by atoms with E-state index >= 15 is 0 Å². The number of hydrogen-bond donors (Lipinski definition) is 1. The molecule has 4 nitrogen and oxygen atoms in total. The maximum absolute atomic E-state index is 12.4. The molecule has 1 heterocycles. The van der Waals surface area contributed by atoms with Crippen LogP contribution >= 0.6 is 0 Å². The number of anilines is 1. The van der Waals surface area contributed by atoms with Gasteiger partial charge < -0.3 is 5.73 Å². The van der Waals surface area contributed by atoms with Gasteiger partial charge in [-0.15, -0.1) is 0 Å². The highest BCUT2D eigenvalue weighted by atomic mass is 16.2. The van der Waals surface area contributed by atoms with Crippen molar-refractivity contribution in [3.8, 4) is 0 Å². The Morgan fingerprint density at radius 1 is 1.14 bits per heavy atom. The highest BCUT2D eigenvalue weighted by Crippen LogP contribution is 2.32. The standard InChI is InChI=1S/C17H22N2O2/c1-11-5-7-12(8-6-11)9-10-19-16(20)13-3-2-4-14(18)15(13)17(19)21/h2-4,11-12H,5-10,18H2,1H3. The first-order valence-corrected chi connectivity index (χ1v) is 7.82. The van der Waals surface area contributed by atoms with Crippen LogP contribution in [-0.2, 0) is 0 Å². The minimum absolute atomic E-state index is 0.188. The van der Waals surface area contributed by atoms with Crippen molar-refractivity contribution in [1.82, 2.24) is 4.90 Å². The van der Waals surface area contributed by atoms with Crippen molar-refractivity contribution < 1.29 is 9.59 Å². The molecule has 0 saturated heterocycles. The molecule has 1 saturated carbocycles. The lowest BCUT2D eigenvalue weighted by atomic mass is 9.81. The summed E-state index contributed by atoms with van der Waals surface area (Å²) in [5.41, 5.74) is 7.09. The molecule has 1 aromatic carbocycles. The number of hydrogen-bond acceptors (Lipinski definition) is 3. The molecule has 21 heavy (non-hydrogen) atoms. The predicted octanol–water partition coefficient (Wildman–Crippen LogP) is 3.08. The van der Waals surface area contributed by atoms with Gasteiger partial charge in [-0.3, -0.25) is 14.5 Å². The predicted molar refractivity (Wildman–Crippen MR) is 82.0 cm³/mol. The molecule has 2 N–H and O–H groups in total. The number of carbonyl (C=O) groups is 2. The van der Waals surface area contributed by atoms with Crippen LogP contribution in [0.4, 0.5) is 5.69 Å². The van der Waals surface area contributed by atoms with Crippen LogP contribution in [0.2, 0.25) is 0 Å². The fourth-order valence-corrected chi connectivity index (χ4v) is 3.49. The Morgan fingerprint density at radius 3 is 2.52 bits per heavy atom. The minimum Gasteiger partial charge on any atom is -0.398 e. The normalized spacial score (nSPS) is 25.3. The molecule has 0 radical (unpaired) electrons. The van der Waals surface area contributed by atoms with E-state index in [-0.39, 0.29) is 11.8 Å². The molecule has 0 spiro atoms. The zero-order valence-corrected chi connectivity index (χ0v) is 12.5. The number of fused-ring (bicyclic) bond motifs is 1. The number of nitrogen functional groups attached to an aromatic ring is 1. The van der Waals surface area contributed by atoms with Gasteiger partial charge in [0.25, 0.3) is 11.8 Å². The third-order valence-corrected chi connectivity index (χ3v) is 4.93. The number of nitrogens with two attached hydrogens (primary N) is 1. The van der Waals surface area contributed by atoms with Gasteiger partial charge in [0.1, 0.15) is 0 Å². The SMILES string of the molecule is CC1CCC(CCN2C(=O)c3cccc(N)c3C2=O)CC1. The Bertz CT molecular complexity index is 574. The largest absolute Gasteiger partial charge is 0.398 e. The lowest BCUT2D eigenvalue weighted by Gasteiger charge is -2.27. The van der Waals surface area contributed by atoms with E-state index in [1.54, 1.807) is 18.2 Å². The summed E-state index contributed by atoms with van der Waals surface area (Å²) >= 11 is 0. The van der Waals surface area contributed by atoms with Gasteiger partial charge in [-0.25, -0.2) is 0 Å². The van der Waals surface area contributed by atoms with Crippen LogP contribution in [-0.4, -0.2) is 23.3 Å². The fraction of sp³-hybridized carbons (Fsp3) is 0.529. The number of amides is 2. The summed E-state index contributed by atoms with van der Waals surface area (Å²) < 4.78 is 0. The molecule has 4 heteroatoms. The number of rotatable bonds is 3. The number of benzene rings is 1. The second-order valence-corrected chi connectivity index (χ2v) is 6.45. The van der Waals surface area contributed by atoms with E-state index < -0.39 is 0 Å². The summed E-state index contributed by atoms with van der Waals surface area (Å²) in [6.45, 7) is 2.81. The molecule has 1 fully saturated rings. The quantitative estimate of drug-likeness (QED) is 0.686. The number of nitrogens with zero attached hydrogens (tertiary/aromatic N) is 1. The van der Waals surface area contributed by atoms with E-state index in [2.05, 4.69) is 6.92 Å². The average molecular weight is 286 g/mol. The number of carbonyl (C=O) groups excluding carboxylic acids is 2. The first-order chi connectivity index (χ1) is 10.1. The lowest BCUT2D eigenvalue weighted by Crippen LogP contribution is -2.32. The van der Waals surface area contributed by atoms with Crippen molar-refractivity contribution in [1.29, 1.82) is 0 Å². The van der Waals surface area contributed by atoms with E-state index in [1.165, 1.54) is 30.6 Å². The third kappa shape index (κ3) is 2.55. The minimum atomic E-state index is -0.225. The van der Waals surface area contributed by atoms with Crippen molar-refractivity contribution in [2.24, 2.45) is 11.8 Å². The lowest BCUT2D eigenvalue weighted by molar-refractivity contribution is 0.0641. The van der Waals surface area contributed by atoms with Gasteiger partial charge in [-0.1, -0.05) is 38.7 Å². The molecule has 2 aliphatic rings. The molecule has 0 bridgehead atoms. The molecule has 112 valence electrons. The summed E-state index contributed by atoms with van der Waals surface area (Å²) in [7, 11) is 0. The zero-order valence-electron chi connectivity index (χ0n) is 12.5. The molecule has 3 rings (SSSR count). The van der Waals surface area contributed by atoms with Crippen molar-refractivity contribution in [2.45, 2.75) is 39.0 Å². The Kier molecular flexibility index (Phi) is 3.70. The van der Waals surface area contributed by atoms with Crippen LogP contribution in [0, 0.1) is 11.8 Å². The van der Waals surface area contributed by atoms with Gasteiger partial charge in [0.2, 0.25) is 0 Å². The molecule has 1 aromatic rings. The van der Waals surface area contributed by atoms with Crippen molar-refractivity contribution in [3.05, 3.63) is 29.3 Å². The van der Waals surface area contributed by atoms with E-state index in [0.717, 1.165) is 12.3 Å². The van der Waals surface area contributed by atoms with Crippen LogP contribution in [0.25, 0.3) is 0 Å². The average Bonchev–Trinajstić information content (AvgIpc) is 2.72. The van der Waals surface area contributed by atoms with Crippen LogP contribution in [0.5, 0.6) is 0 Å². The van der Waals surface area contributed by atoms with Gasteiger partial charge in [0.05, 0.1) is 11.1 Å². The van der Waals surface area contributed by atoms with Crippen molar-refractivity contribution in [2.75, 3.05) is 12.3 Å². The smallest absolute Gasteiger partial charge is 0.263 e. The first kappa shape index (κ1) is 14.1. The van der Waals surface area contributed by atoms with E-state index in [0.29, 0.717) is 29.3 Å². The topological polar surface area (TPSA) is 63.4 Å². The molecule has 0 unspecified atom stereocenters. The van der Waals surface area contributed by atoms with Crippen LogP contribution in [0.1, 0.15) is 59.7 Å². The second kappa shape index (κ2) is 5.51. The molecule has 2 amide bonds. The molecule has 1 aliphatic carbocycles. The first-order valence-electron chi connectivity index (χ1n) is 7.82. The fourth-order valence-electron chi connectivity index (χ4n) is 3.49. The zero-order chi connectivity index (χ0) is 15.0. The van der Waals surface area contributed by atoms with Crippen LogP contribution in [0.15, 0.2) is 18.2 Å². The molecule has 0 atom stereocenters. The molecular weight excluding hydrogens is 264 g/mol. The molecule has 0 aromatic heterocycles. The Hall–Kier alpha value is -1.84. The summed E-state index contributed by atoms with van der Waals surface area (Å²) in [6, 6.07) is 5.09.